The highest BCUT2D eigenvalue weighted by molar-refractivity contribution is 7.99. The standard InChI is InChI=1S/C16H25N3OS/c1-21-15-10-6-5-9-13(15)18-14(11-16(17)19-20)12-7-3-2-4-8-12/h2-4,7-8,13-15,18,20H,5-6,9-11H2,1H3,(H2,17,19). The van der Waals surface area contributed by atoms with Crippen molar-refractivity contribution in [1.29, 1.82) is 0 Å². The molecule has 0 aliphatic heterocycles. The minimum Gasteiger partial charge on any atom is -0.409 e. The summed E-state index contributed by atoms with van der Waals surface area (Å²) in [4.78, 5) is 0. The van der Waals surface area contributed by atoms with E-state index in [2.05, 4.69) is 28.9 Å². The summed E-state index contributed by atoms with van der Waals surface area (Å²) in [5, 5.41) is 16.4. The lowest BCUT2D eigenvalue weighted by atomic mass is 9.92. The largest absolute Gasteiger partial charge is 0.409 e. The summed E-state index contributed by atoms with van der Waals surface area (Å²) in [6.07, 6.45) is 7.78. The van der Waals surface area contributed by atoms with Crippen LogP contribution < -0.4 is 11.1 Å². The first-order valence-electron chi connectivity index (χ1n) is 7.54. The average molecular weight is 307 g/mol. The van der Waals surface area contributed by atoms with Crippen LogP contribution in [0.3, 0.4) is 0 Å². The molecule has 0 bridgehead atoms. The normalized spacial score (nSPS) is 24.7. The van der Waals surface area contributed by atoms with Crippen LogP contribution in [0.4, 0.5) is 0 Å². The molecule has 0 aromatic heterocycles. The van der Waals surface area contributed by atoms with Crippen LogP contribution in [0, 0.1) is 0 Å². The predicted molar refractivity (Wildman–Crippen MR) is 89.9 cm³/mol. The van der Waals surface area contributed by atoms with E-state index in [1.54, 1.807) is 0 Å². The van der Waals surface area contributed by atoms with E-state index in [0.29, 0.717) is 17.7 Å². The number of thioether (sulfide) groups is 1. The van der Waals surface area contributed by atoms with Gasteiger partial charge in [-0.25, -0.2) is 0 Å². The third kappa shape index (κ3) is 4.64. The molecule has 4 nitrogen and oxygen atoms in total. The number of hydrogen-bond donors (Lipinski definition) is 3. The van der Waals surface area contributed by atoms with Gasteiger partial charge >= 0.3 is 0 Å². The van der Waals surface area contributed by atoms with Crippen molar-refractivity contribution in [3.05, 3.63) is 35.9 Å². The van der Waals surface area contributed by atoms with E-state index in [4.69, 9.17) is 10.9 Å². The number of nitrogens with two attached hydrogens (primary N) is 1. The summed E-state index contributed by atoms with van der Waals surface area (Å²) in [5.74, 6) is 0.271. The van der Waals surface area contributed by atoms with Crippen molar-refractivity contribution < 1.29 is 5.21 Å². The number of hydrogen-bond acceptors (Lipinski definition) is 4. The van der Waals surface area contributed by atoms with E-state index in [9.17, 15) is 0 Å². The van der Waals surface area contributed by atoms with E-state index in [1.807, 2.05) is 30.0 Å². The topological polar surface area (TPSA) is 70.6 Å². The van der Waals surface area contributed by atoms with Gasteiger partial charge in [0.05, 0.1) is 0 Å². The van der Waals surface area contributed by atoms with E-state index < -0.39 is 0 Å². The van der Waals surface area contributed by atoms with Gasteiger partial charge in [-0.3, -0.25) is 0 Å². The van der Waals surface area contributed by atoms with Crippen LogP contribution in [0.15, 0.2) is 35.5 Å². The van der Waals surface area contributed by atoms with Crippen molar-refractivity contribution in [2.45, 2.75) is 49.4 Å². The maximum absolute atomic E-state index is 8.87. The fourth-order valence-corrected chi connectivity index (χ4v) is 3.98. The van der Waals surface area contributed by atoms with E-state index in [-0.39, 0.29) is 11.9 Å². The van der Waals surface area contributed by atoms with E-state index in [0.717, 1.165) is 0 Å². The van der Waals surface area contributed by atoms with Crippen molar-refractivity contribution in [2.24, 2.45) is 10.9 Å². The Hall–Kier alpha value is -1.20. The number of nitrogens with one attached hydrogen (secondary N) is 1. The molecule has 2 rings (SSSR count). The lowest BCUT2D eigenvalue weighted by molar-refractivity contribution is 0.312. The van der Waals surface area contributed by atoms with E-state index >= 15 is 0 Å². The Morgan fingerprint density at radius 1 is 1.38 bits per heavy atom. The molecule has 0 amide bonds. The molecular formula is C16H25N3OS. The average Bonchev–Trinajstić information content (AvgIpc) is 2.55. The molecule has 1 aliphatic carbocycles. The number of amidine groups is 1. The van der Waals surface area contributed by atoms with Gasteiger partial charge in [0.2, 0.25) is 0 Å². The third-order valence-corrected chi connectivity index (χ3v) is 5.33. The molecule has 1 aliphatic rings. The summed E-state index contributed by atoms with van der Waals surface area (Å²) in [5.41, 5.74) is 6.93. The summed E-state index contributed by atoms with van der Waals surface area (Å²) >= 11 is 1.94. The Morgan fingerprint density at radius 2 is 2.10 bits per heavy atom. The Morgan fingerprint density at radius 3 is 2.76 bits per heavy atom. The molecule has 1 aromatic carbocycles. The van der Waals surface area contributed by atoms with Crippen molar-refractivity contribution in [1.82, 2.24) is 5.32 Å². The summed E-state index contributed by atoms with van der Waals surface area (Å²) < 4.78 is 0. The van der Waals surface area contributed by atoms with Crippen LogP contribution in [0.2, 0.25) is 0 Å². The fraction of sp³-hybridized carbons (Fsp3) is 0.562. The minimum absolute atomic E-state index is 0.0971. The van der Waals surface area contributed by atoms with Crippen LogP contribution in [0.1, 0.15) is 43.7 Å². The highest BCUT2D eigenvalue weighted by Gasteiger charge is 2.27. The molecule has 1 saturated carbocycles. The first kappa shape index (κ1) is 16.2. The molecule has 0 saturated heterocycles. The fourth-order valence-electron chi connectivity index (χ4n) is 3.04. The summed E-state index contributed by atoms with van der Waals surface area (Å²) in [6.45, 7) is 0. The molecule has 1 aromatic rings. The first-order chi connectivity index (χ1) is 10.2. The molecular weight excluding hydrogens is 282 g/mol. The maximum Gasteiger partial charge on any atom is 0.141 e. The van der Waals surface area contributed by atoms with Crippen LogP contribution in [0.25, 0.3) is 0 Å². The monoisotopic (exact) mass is 307 g/mol. The number of benzene rings is 1. The Bertz CT molecular complexity index is 452. The molecule has 21 heavy (non-hydrogen) atoms. The van der Waals surface area contributed by atoms with Crippen molar-refractivity contribution >= 4 is 17.6 Å². The quantitative estimate of drug-likeness (QED) is 0.327. The highest BCUT2D eigenvalue weighted by Crippen LogP contribution is 2.29. The van der Waals surface area contributed by atoms with Crippen LogP contribution in [0.5, 0.6) is 0 Å². The van der Waals surface area contributed by atoms with E-state index in [1.165, 1.54) is 31.2 Å². The van der Waals surface area contributed by atoms with Crippen molar-refractivity contribution in [2.75, 3.05) is 6.26 Å². The van der Waals surface area contributed by atoms with Gasteiger partial charge in [0, 0.05) is 23.8 Å². The smallest absolute Gasteiger partial charge is 0.141 e. The lowest BCUT2D eigenvalue weighted by Gasteiger charge is -2.34. The lowest BCUT2D eigenvalue weighted by Crippen LogP contribution is -2.43. The molecule has 5 heteroatoms. The van der Waals surface area contributed by atoms with Gasteiger partial charge in [-0.1, -0.05) is 48.3 Å². The zero-order valence-electron chi connectivity index (χ0n) is 12.5. The second-order valence-electron chi connectivity index (χ2n) is 5.59. The molecule has 1 fully saturated rings. The van der Waals surface area contributed by atoms with Crippen molar-refractivity contribution in [3.63, 3.8) is 0 Å². The highest BCUT2D eigenvalue weighted by atomic mass is 32.2. The predicted octanol–water partition coefficient (Wildman–Crippen LogP) is 3.13. The zero-order valence-corrected chi connectivity index (χ0v) is 13.4. The Labute approximate surface area is 131 Å². The Kier molecular flexibility index (Phi) is 6.39. The molecule has 0 radical (unpaired) electrons. The molecule has 3 unspecified atom stereocenters. The van der Waals surface area contributed by atoms with Gasteiger partial charge in [0.1, 0.15) is 5.84 Å². The SMILES string of the molecule is CSC1CCCCC1NC(C/C(N)=N/O)c1ccccc1. The maximum atomic E-state index is 8.87. The van der Waals surface area contributed by atoms with Crippen LogP contribution >= 0.6 is 11.8 Å². The molecule has 0 heterocycles. The molecule has 3 atom stereocenters. The zero-order chi connectivity index (χ0) is 15.1. The Balaban J connectivity index is 2.11. The number of rotatable bonds is 6. The molecule has 4 N–H and O–H groups in total. The van der Waals surface area contributed by atoms with Crippen LogP contribution in [-0.2, 0) is 0 Å². The first-order valence-corrected chi connectivity index (χ1v) is 8.83. The third-order valence-electron chi connectivity index (χ3n) is 4.16. The van der Waals surface area contributed by atoms with Gasteiger partial charge in [0.15, 0.2) is 0 Å². The second-order valence-corrected chi connectivity index (χ2v) is 6.67. The molecule has 116 valence electrons. The van der Waals surface area contributed by atoms with Gasteiger partial charge in [-0.2, -0.15) is 11.8 Å². The number of oxime groups is 1. The summed E-state index contributed by atoms with van der Waals surface area (Å²) in [6, 6.07) is 10.9. The van der Waals surface area contributed by atoms with Gasteiger partial charge in [-0.05, 0) is 24.7 Å². The summed E-state index contributed by atoms with van der Waals surface area (Å²) in [7, 11) is 0. The van der Waals surface area contributed by atoms with Gasteiger partial charge in [-0.15, -0.1) is 0 Å². The molecule has 0 spiro atoms. The second kappa shape index (κ2) is 8.29. The van der Waals surface area contributed by atoms with Gasteiger partial charge in [0.25, 0.3) is 0 Å². The van der Waals surface area contributed by atoms with Crippen molar-refractivity contribution in [3.8, 4) is 0 Å². The van der Waals surface area contributed by atoms with Gasteiger partial charge < -0.3 is 16.3 Å². The number of nitrogens with zero attached hydrogens (tertiary/aromatic N) is 1. The van der Waals surface area contributed by atoms with Crippen LogP contribution in [-0.4, -0.2) is 28.6 Å². The minimum atomic E-state index is 0.0971.